The number of hydrogen-bond donors (Lipinski definition) is 1. The standard InChI is InChI=1S/C18H17F3N4O.2ClH/c1-26-17-7-6-14(11-23-17)25-15(10-16(24-25)18(19,20)21)13-4-2-12(3-5-13)8-9-22;;/h2-7,10-11H,8-9,22H2,1H3;2*1H. The van der Waals surface area contributed by atoms with Crippen LogP contribution in [-0.4, -0.2) is 28.4 Å². The Morgan fingerprint density at radius 1 is 1.07 bits per heavy atom. The molecule has 2 N–H and O–H groups in total. The molecular formula is C18H19Cl2F3N4O. The van der Waals surface area contributed by atoms with E-state index < -0.39 is 11.9 Å². The molecule has 0 aliphatic rings. The number of aromatic nitrogens is 3. The smallest absolute Gasteiger partial charge is 0.435 e. The Bertz CT molecular complexity index is 881. The lowest BCUT2D eigenvalue weighted by Crippen LogP contribution is -2.07. The molecular weight excluding hydrogens is 416 g/mol. The Hall–Kier alpha value is -2.29. The lowest BCUT2D eigenvalue weighted by molar-refractivity contribution is -0.141. The number of alkyl halides is 3. The molecule has 0 aliphatic carbocycles. The molecule has 3 aromatic rings. The summed E-state index contributed by atoms with van der Waals surface area (Å²) in [6.07, 6.45) is -2.42. The van der Waals surface area contributed by atoms with E-state index in [0.717, 1.165) is 11.6 Å². The van der Waals surface area contributed by atoms with E-state index in [2.05, 4.69) is 10.1 Å². The third-order valence-electron chi connectivity index (χ3n) is 3.86. The predicted molar refractivity (Wildman–Crippen MR) is 106 cm³/mol. The quantitative estimate of drug-likeness (QED) is 0.649. The van der Waals surface area contributed by atoms with Crippen molar-refractivity contribution in [1.29, 1.82) is 0 Å². The third kappa shape index (κ3) is 5.15. The molecule has 2 aromatic heterocycles. The summed E-state index contributed by atoms with van der Waals surface area (Å²) >= 11 is 0. The second kappa shape index (κ2) is 9.77. The van der Waals surface area contributed by atoms with E-state index in [1.807, 2.05) is 12.1 Å². The van der Waals surface area contributed by atoms with Crippen molar-refractivity contribution in [3.8, 4) is 22.8 Å². The first kappa shape index (κ1) is 23.7. The van der Waals surface area contributed by atoms with Gasteiger partial charge < -0.3 is 10.5 Å². The number of pyridine rings is 1. The molecule has 5 nitrogen and oxygen atoms in total. The van der Waals surface area contributed by atoms with Crippen LogP contribution in [0, 0.1) is 0 Å². The molecule has 1 aromatic carbocycles. The van der Waals surface area contributed by atoms with Gasteiger partial charge in [0.05, 0.1) is 24.7 Å². The molecule has 0 unspecified atom stereocenters. The molecule has 0 fully saturated rings. The number of rotatable bonds is 5. The van der Waals surface area contributed by atoms with Crippen LogP contribution in [0.3, 0.4) is 0 Å². The van der Waals surface area contributed by atoms with Crippen molar-refractivity contribution in [3.63, 3.8) is 0 Å². The van der Waals surface area contributed by atoms with Gasteiger partial charge in [-0.05, 0) is 30.7 Å². The Morgan fingerprint density at radius 3 is 2.25 bits per heavy atom. The van der Waals surface area contributed by atoms with E-state index in [-0.39, 0.29) is 24.8 Å². The zero-order valence-corrected chi connectivity index (χ0v) is 16.4. The summed E-state index contributed by atoms with van der Waals surface area (Å²) in [7, 11) is 1.46. The van der Waals surface area contributed by atoms with Crippen molar-refractivity contribution in [2.24, 2.45) is 5.73 Å². The van der Waals surface area contributed by atoms with Crippen molar-refractivity contribution in [2.45, 2.75) is 12.6 Å². The van der Waals surface area contributed by atoms with Crippen LogP contribution in [0.4, 0.5) is 13.2 Å². The van der Waals surface area contributed by atoms with Gasteiger partial charge in [0.15, 0.2) is 5.69 Å². The van der Waals surface area contributed by atoms with E-state index in [0.29, 0.717) is 35.8 Å². The average molecular weight is 435 g/mol. The number of benzene rings is 1. The van der Waals surface area contributed by atoms with Crippen molar-refractivity contribution < 1.29 is 17.9 Å². The van der Waals surface area contributed by atoms with Gasteiger partial charge in [-0.15, -0.1) is 24.8 Å². The molecule has 152 valence electrons. The van der Waals surface area contributed by atoms with E-state index >= 15 is 0 Å². The van der Waals surface area contributed by atoms with Crippen LogP contribution in [0.25, 0.3) is 16.9 Å². The fourth-order valence-electron chi connectivity index (χ4n) is 2.55. The molecule has 28 heavy (non-hydrogen) atoms. The van der Waals surface area contributed by atoms with Crippen LogP contribution in [0.1, 0.15) is 11.3 Å². The molecule has 2 heterocycles. The van der Waals surface area contributed by atoms with E-state index in [1.165, 1.54) is 18.0 Å². The van der Waals surface area contributed by atoms with Crippen LogP contribution in [0.15, 0.2) is 48.7 Å². The lowest BCUT2D eigenvalue weighted by Gasteiger charge is -2.09. The minimum Gasteiger partial charge on any atom is -0.481 e. The first-order valence-corrected chi connectivity index (χ1v) is 7.89. The largest absolute Gasteiger partial charge is 0.481 e. The normalized spacial score (nSPS) is 10.8. The van der Waals surface area contributed by atoms with Gasteiger partial charge in [0, 0.05) is 11.6 Å². The van der Waals surface area contributed by atoms with Gasteiger partial charge in [0.2, 0.25) is 5.88 Å². The minimum atomic E-state index is -4.54. The van der Waals surface area contributed by atoms with Crippen molar-refractivity contribution in [2.75, 3.05) is 13.7 Å². The molecule has 0 aliphatic heterocycles. The summed E-state index contributed by atoms with van der Waals surface area (Å²) < 4.78 is 45.7. The number of hydrogen-bond acceptors (Lipinski definition) is 4. The van der Waals surface area contributed by atoms with Gasteiger partial charge in [-0.2, -0.15) is 18.3 Å². The summed E-state index contributed by atoms with van der Waals surface area (Å²) in [6.45, 7) is 0.507. The second-order valence-corrected chi connectivity index (χ2v) is 5.62. The summed E-state index contributed by atoms with van der Waals surface area (Å²) in [5.74, 6) is 0.365. The Kier molecular flexibility index (Phi) is 8.29. The number of nitrogens with zero attached hydrogens (tertiary/aromatic N) is 3. The molecule has 0 saturated heterocycles. The van der Waals surface area contributed by atoms with Gasteiger partial charge in [0.25, 0.3) is 0 Å². The van der Waals surface area contributed by atoms with Gasteiger partial charge >= 0.3 is 6.18 Å². The summed E-state index contributed by atoms with van der Waals surface area (Å²) in [5, 5.41) is 3.73. The maximum absolute atomic E-state index is 13.2. The summed E-state index contributed by atoms with van der Waals surface area (Å²) in [5.41, 5.74) is 6.93. The second-order valence-electron chi connectivity index (χ2n) is 5.62. The van der Waals surface area contributed by atoms with E-state index in [1.54, 1.807) is 24.3 Å². The molecule has 0 spiro atoms. The summed E-state index contributed by atoms with van der Waals surface area (Å²) in [6, 6.07) is 11.4. The highest BCUT2D eigenvalue weighted by Crippen LogP contribution is 2.33. The number of halogens is 5. The number of ether oxygens (including phenoxy) is 1. The average Bonchev–Trinajstić information content (AvgIpc) is 3.08. The monoisotopic (exact) mass is 434 g/mol. The zero-order chi connectivity index (χ0) is 18.7. The van der Waals surface area contributed by atoms with Gasteiger partial charge in [-0.3, -0.25) is 0 Å². The number of methoxy groups -OCH3 is 1. The highest BCUT2D eigenvalue weighted by atomic mass is 35.5. The zero-order valence-electron chi connectivity index (χ0n) is 14.8. The Morgan fingerprint density at radius 2 is 1.75 bits per heavy atom. The van der Waals surface area contributed by atoms with Gasteiger partial charge in [-0.25, -0.2) is 9.67 Å². The maximum atomic E-state index is 13.2. The Balaban J connectivity index is 0.00000196. The molecule has 0 saturated carbocycles. The van der Waals surface area contributed by atoms with Gasteiger partial charge in [-0.1, -0.05) is 24.3 Å². The van der Waals surface area contributed by atoms with Crippen LogP contribution in [0.5, 0.6) is 5.88 Å². The lowest BCUT2D eigenvalue weighted by atomic mass is 10.1. The maximum Gasteiger partial charge on any atom is 0.435 e. The van der Waals surface area contributed by atoms with E-state index in [4.69, 9.17) is 10.5 Å². The molecule has 0 bridgehead atoms. The molecule has 10 heteroatoms. The SMILES string of the molecule is COc1ccc(-n2nc(C(F)(F)F)cc2-c2ccc(CCN)cc2)cn1.Cl.Cl. The molecule has 0 atom stereocenters. The van der Waals surface area contributed by atoms with Crippen LogP contribution in [-0.2, 0) is 12.6 Å². The third-order valence-corrected chi connectivity index (χ3v) is 3.86. The molecule has 0 radical (unpaired) electrons. The molecule has 0 amide bonds. The number of nitrogens with two attached hydrogens (primary N) is 1. The van der Waals surface area contributed by atoms with Crippen molar-refractivity contribution in [1.82, 2.24) is 14.8 Å². The fourth-order valence-corrected chi connectivity index (χ4v) is 2.55. The highest BCUT2D eigenvalue weighted by Gasteiger charge is 2.35. The van der Waals surface area contributed by atoms with Crippen molar-refractivity contribution >= 4 is 24.8 Å². The van der Waals surface area contributed by atoms with Crippen LogP contribution < -0.4 is 10.5 Å². The topological polar surface area (TPSA) is 66.0 Å². The minimum absolute atomic E-state index is 0. The predicted octanol–water partition coefficient (Wildman–Crippen LogP) is 4.31. The van der Waals surface area contributed by atoms with Crippen LogP contribution in [0.2, 0.25) is 0 Å². The highest BCUT2D eigenvalue weighted by molar-refractivity contribution is 5.85. The van der Waals surface area contributed by atoms with Crippen molar-refractivity contribution in [3.05, 3.63) is 59.9 Å². The Labute approximate surface area is 172 Å². The first-order valence-electron chi connectivity index (χ1n) is 7.89. The molecule has 3 rings (SSSR count). The van der Waals surface area contributed by atoms with Gasteiger partial charge in [0.1, 0.15) is 0 Å². The fraction of sp³-hybridized carbons (Fsp3) is 0.222. The van der Waals surface area contributed by atoms with Crippen LogP contribution >= 0.6 is 24.8 Å². The first-order chi connectivity index (χ1) is 12.4. The van der Waals surface area contributed by atoms with E-state index in [9.17, 15) is 13.2 Å². The summed E-state index contributed by atoms with van der Waals surface area (Å²) in [4.78, 5) is 4.04.